The highest BCUT2D eigenvalue weighted by atomic mass is 16.5. The standard InChI is InChI=1S/C28H27N3O4/c1-20-7-10-23(15-29-20)34-19-21-8-11-22(12-9-21)35-24-16-31(17-24)27-6-4-5-25(28(32)33)26(27)18-30-13-2-3-14-30/h2-15,24H,16-19H2,1H3,(H,32,33). The van der Waals surface area contributed by atoms with Crippen LogP contribution in [0.3, 0.4) is 0 Å². The van der Waals surface area contributed by atoms with Gasteiger partial charge >= 0.3 is 5.97 Å². The van der Waals surface area contributed by atoms with Gasteiger partial charge in [0.2, 0.25) is 0 Å². The van der Waals surface area contributed by atoms with E-state index in [4.69, 9.17) is 9.47 Å². The van der Waals surface area contributed by atoms with Crippen molar-refractivity contribution in [1.82, 2.24) is 9.55 Å². The number of nitrogens with zero attached hydrogens (tertiary/aromatic N) is 3. The van der Waals surface area contributed by atoms with E-state index < -0.39 is 5.97 Å². The number of benzene rings is 2. The van der Waals surface area contributed by atoms with Crippen LogP contribution < -0.4 is 14.4 Å². The molecular formula is C28H27N3O4. The average molecular weight is 470 g/mol. The molecule has 0 unspecified atom stereocenters. The molecule has 1 aliphatic heterocycles. The molecule has 7 heteroatoms. The molecule has 178 valence electrons. The van der Waals surface area contributed by atoms with Gasteiger partial charge in [0, 0.05) is 35.9 Å². The molecule has 1 aliphatic rings. The second-order valence-corrected chi connectivity index (χ2v) is 8.68. The number of carboxylic acids is 1. The number of aromatic nitrogens is 2. The lowest BCUT2D eigenvalue weighted by molar-refractivity contribution is 0.0695. The van der Waals surface area contributed by atoms with Crippen molar-refractivity contribution in [3.8, 4) is 11.5 Å². The third kappa shape index (κ3) is 5.30. The lowest BCUT2D eigenvalue weighted by atomic mass is 10.0. The number of hydrogen-bond acceptors (Lipinski definition) is 5. The molecule has 0 radical (unpaired) electrons. The zero-order valence-corrected chi connectivity index (χ0v) is 19.5. The number of carbonyl (C=O) groups is 1. The molecule has 1 N–H and O–H groups in total. The number of carboxylic acid groups (broad SMARTS) is 1. The van der Waals surface area contributed by atoms with Crippen LogP contribution in [-0.2, 0) is 13.2 Å². The minimum atomic E-state index is -0.912. The van der Waals surface area contributed by atoms with Crippen LogP contribution in [0.5, 0.6) is 11.5 Å². The van der Waals surface area contributed by atoms with Gasteiger partial charge in [0.1, 0.15) is 24.2 Å². The lowest BCUT2D eigenvalue weighted by Gasteiger charge is -2.41. The quantitative estimate of drug-likeness (QED) is 0.380. The molecule has 0 bridgehead atoms. The SMILES string of the molecule is Cc1ccc(OCc2ccc(OC3CN(c4cccc(C(=O)O)c4Cn4cccc4)C3)cc2)cn1. The van der Waals surface area contributed by atoms with Crippen molar-refractivity contribution in [2.24, 2.45) is 0 Å². The van der Waals surface area contributed by atoms with Gasteiger partial charge in [0.05, 0.1) is 24.8 Å². The van der Waals surface area contributed by atoms with Gasteiger partial charge in [0.25, 0.3) is 0 Å². The normalized spacial score (nSPS) is 13.3. The smallest absolute Gasteiger partial charge is 0.336 e. The Bertz CT molecular complexity index is 1280. The van der Waals surface area contributed by atoms with Gasteiger partial charge in [-0.1, -0.05) is 18.2 Å². The molecule has 0 saturated carbocycles. The number of aryl methyl sites for hydroxylation is 1. The molecular weight excluding hydrogens is 442 g/mol. The van der Waals surface area contributed by atoms with Crippen molar-refractivity contribution in [2.45, 2.75) is 26.2 Å². The van der Waals surface area contributed by atoms with Crippen LogP contribution in [0.1, 0.15) is 27.2 Å². The second-order valence-electron chi connectivity index (χ2n) is 8.68. The van der Waals surface area contributed by atoms with Crippen LogP contribution in [0.4, 0.5) is 5.69 Å². The van der Waals surface area contributed by atoms with E-state index in [0.717, 1.165) is 34.0 Å². The fourth-order valence-electron chi connectivity index (χ4n) is 4.17. The van der Waals surface area contributed by atoms with Crippen LogP contribution in [0.25, 0.3) is 0 Å². The fraction of sp³-hybridized carbons (Fsp3) is 0.214. The summed E-state index contributed by atoms with van der Waals surface area (Å²) in [4.78, 5) is 18.3. The summed E-state index contributed by atoms with van der Waals surface area (Å²) in [6, 6.07) is 21.1. The zero-order valence-electron chi connectivity index (χ0n) is 19.5. The molecule has 2 aromatic carbocycles. The average Bonchev–Trinajstić information content (AvgIpc) is 3.35. The van der Waals surface area contributed by atoms with E-state index in [1.54, 1.807) is 18.3 Å². The van der Waals surface area contributed by atoms with Crippen LogP contribution in [0.15, 0.2) is 85.3 Å². The highest BCUT2D eigenvalue weighted by molar-refractivity contribution is 5.91. The van der Waals surface area contributed by atoms with E-state index in [1.807, 2.05) is 78.5 Å². The van der Waals surface area contributed by atoms with Gasteiger partial charge in [-0.2, -0.15) is 0 Å². The van der Waals surface area contributed by atoms with Crippen LogP contribution in [0.2, 0.25) is 0 Å². The Kier molecular flexibility index (Phi) is 6.39. The number of aromatic carboxylic acids is 1. The predicted octanol–water partition coefficient (Wildman–Crippen LogP) is 4.78. The van der Waals surface area contributed by atoms with Crippen molar-refractivity contribution in [2.75, 3.05) is 18.0 Å². The van der Waals surface area contributed by atoms with Crippen LogP contribution in [0, 0.1) is 6.92 Å². The predicted molar refractivity (Wildman–Crippen MR) is 133 cm³/mol. The van der Waals surface area contributed by atoms with E-state index in [1.165, 1.54) is 0 Å². The summed E-state index contributed by atoms with van der Waals surface area (Å²) in [7, 11) is 0. The van der Waals surface area contributed by atoms with Crippen molar-refractivity contribution in [1.29, 1.82) is 0 Å². The third-order valence-corrected chi connectivity index (χ3v) is 6.09. The molecule has 7 nitrogen and oxygen atoms in total. The summed E-state index contributed by atoms with van der Waals surface area (Å²) >= 11 is 0. The molecule has 0 amide bonds. The Morgan fingerprint density at radius 3 is 2.43 bits per heavy atom. The fourth-order valence-corrected chi connectivity index (χ4v) is 4.17. The first-order chi connectivity index (χ1) is 17.0. The van der Waals surface area contributed by atoms with Crippen molar-refractivity contribution < 1.29 is 19.4 Å². The molecule has 0 spiro atoms. The highest BCUT2D eigenvalue weighted by Crippen LogP contribution is 2.30. The summed E-state index contributed by atoms with van der Waals surface area (Å²) in [5, 5.41) is 9.71. The Morgan fingerprint density at radius 1 is 1.00 bits per heavy atom. The minimum absolute atomic E-state index is 0.0450. The number of anilines is 1. The maximum absolute atomic E-state index is 11.8. The molecule has 0 atom stereocenters. The first kappa shape index (κ1) is 22.5. The summed E-state index contributed by atoms with van der Waals surface area (Å²) in [5.74, 6) is 0.640. The molecule has 5 rings (SSSR count). The zero-order chi connectivity index (χ0) is 24.2. The van der Waals surface area contributed by atoms with E-state index in [9.17, 15) is 9.90 Å². The summed E-state index contributed by atoms with van der Waals surface area (Å²) in [6.45, 7) is 4.32. The number of pyridine rings is 1. The summed E-state index contributed by atoms with van der Waals surface area (Å²) in [5.41, 5.74) is 4.09. The number of rotatable bonds is 9. The Hall–Kier alpha value is -4.26. The van der Waals surface area contributed by atoms with Crippen molar-refractivity contribution >= 4 is 11.7 Å². The second kappa shape index (κ2) is 9.93. The van der Waals surface area contributed by atoms with Crippen LogP contribution >= 0.6 is 0 Å². The molecule has 2 aromatic heterocycles. The number of hydrogen-bond donors (Lipinski definition) is 1. The lowest BCUT2D eigenvalue weighted by Crippen LogP contribution is -2.54. The maximum atomic E-state index is 11.8. The maximum Gasteiger partial charge on any atom is 0.336 e. The highest BCUT2D eigenvalue weighted by Gasteiger charge is 2.31. The Labute approximate surface area is 204 Å². The van der Waals surface area contributed by atoms with Crippen molar-refractivity contribution in [3.63, 3.8) is 0 Å². The monoisotopic (exact) mass is 469 g/mol. The first-order valence-corrected chi connectivity index (χ1v) is 11.6. The molecule has 0 aliphatic carbocycles. The van der Waals surface area contributed by atoms with E-state index in [0.29, 0.717) is 31.8 Å². The van der Waals surface area contributed by atoms with Gasteiger partial charge < -0.3 is 24.0 Å². The topological polar surface area (TPSA) is 76.8 Å². The first-order valence-electron chi connectivity index (χ1n) is 11.6. The third-order valence-electron chi connectivity index (χ3n) is 6.09. The Balaban J connectivity index is 1.18. The van der Waals surface area contributed by atoms with Gasteiger partial charge in [-0.3, -0.25) is 4.98 Å². The Morgan fingerprint density at radius 2 is 1.74 bits per heavy atom. The summed E-state index contributed by atoms with van der Waals surface area (Å²) < 4.78 is 13.9. The van der Waals surface area contributed by atoms with Gasteiger partial charge in [-0.05, 0) is 61.0 Å². The van der Waals surface area contributed by atoms with Crippen molar-refractivity contribution in [3.05, 3.63) is 108 Å². The molecule has 1 saturated heterocycles. The van der Waals surface area contributed by atoms with E-state index in [2.05, 4.69) is 9.88 Å². The van der Waals surface area contributed by atoms with Gasteiger partial charge in [-0.15, -0.1) is 0 Å². The molecule has 1 fully saturated rings. The largest absolute Gasteiger partial charge is 0.487 e. The number of ether oxygens (including phenoxy) is 2. The molecule has 3 heterocycles. The van der Waals surface area contributed by atoms with Gasteiger partial charge in [0.15, 0.2) is 0 Å². The van der Waals surface area contributed by atoms with Crippen LogP contribution in [-0.4, -0.2) is 39.8 Å². The van der Waals surface area contributed by atoms with E-state index in [-0.39, 0.29) is 6.10 Å². The summed E-state index contributed by atoms with van der Waals surface area (Å²) in [6.07, 6.45) is 5.66. The van der Waals surface area contributed by atoms with Gasteiger partial charge in [-0.25, -0.2) is 4.79 Å². The molecule has 4 aromatic rings. The molecule has 35 heavy (non-hydrogen) atoms. The minimum Gasteiger partial charge on any atom is -0.487 e. The van der Waals surface area contributed by atoms with E-state index >= 15 is 0 Å².